The Morgan fingerprint density at radius 3 is 2.55 bits per heavy atom. The van der Waals surface area contributed by atoms with E-state index in [0.717, 1.165) is 12.1 Å². The van der Waals surface area contributed by atoms with E-state index in [1.165, 1.54) is 0 Å². The molecule has 0 saturated heterocycles. The molecule has 1 aromatic heterocycles. The van der Waals surface area contributed by atoms with Gasteiger partial charge in [-0.2, -0.15) is 4.39 Å². The third kappa shape index (κ3) is 2.29. The normalized spacial score (nSPS) is 10.6. The van der Waals surface area contributed by atoms with Gasteiger partial charge in [0.1, 0.15) is 16.3 Å². The van der Waals surface area contributed by atoms with Crippen molar-refractivity contribution < 1.29 is 13.7 Å². The molecule has 2 rings (SSSR count). The Balaban J connectivity index is 2.79. The van der Waals surface area contributed by atoms with Crippen LogP contribution in [0.5, 0.6) is 0 Å². The summed E-state index contributed by atoms with van der Waals surface area (Å²) in [6, 6.07) is 1.59. The average Bonchev–Trinajstić information content (AvgIpc) is 2.35. The van der Waals surface area contributed by atoms with Crippen LogP contribution in [0.15, 0.2) is 12.1 Å². The number of nitro groups is 1. The maximum atomic E-state index is 14.1. The number of benzene rings is 1. The Hall–Kier alpha value is -2.22. The maximum Gasteiger partial charge on any atom is 0.305 e. The van der Waals surface area contributed by atoms with E-state index in [1.54, 1.807) is 13.8 Å². The Morgan fingerprint density at radius 2 is 2.00 bits per heavy atom. The van der Waals surface area contributed by atoms with Gasteiger partial charge in [-0.15, -0.1) is 0 Å². The van der Waals surface area contributed by atoms with E-state index >= 15 is 0 Å². The number of nitrogens with one attached hydrogen (secondary N) is 1. The topological polar surface area (TPSA) is 71.8 Å². The van der Waals surface area contributed by atoms with Crippen molar-refractivity contribution in [3.63, 3.8) is 0 Å². The van der Waals surface area contributed by atoms with Crippen molar-refractivity contribution in [3.8, 4) is 11.4 Å². The standard InChI is InChI=1S/C12H9F2N3O2S/c1-5-6(2)15-11(16-12(5)20)9-7(13)3-4-8(10(9)14)17(18)19/h3-4H,1-2H3,(H,15,16,20). The van der Waals surface area contributed by atoms with Gasteiger partial charge in [-0.25, -0.2) is 9.37 Å². The number of nitrogens with zero attached hydrogens (tertiary/aromatic N) is 2. The summed E-state index contributed by atoms with van der Waals surface area (Å²) in [6.07, 6.45) is 0. The summed E-state index contributed by atoms with van der Waals surface area (Å²) in [5.41, 5.74) is -0.144. The van der Waals surface area contributed by atoms with Crippen LogP contribution in [0.2, 0.25) is 0 Å². The van der Waals surface area contributed by atoms with Crippen molar-refractivity contribution in [2.24, 2.45) is 0 Å². The molecule has 0 aliphatic carbocycles. The molecule has 0 spiro atoms. The Bertz CT molecular complexity index is 774. The largest absolute Gasteiger partial charge is 0.343 e. The summed E-state index contributed by atoms with van der Waals surface area (Å²) in [5, 5.41) is 10.7. The predicted octanol–water partition coefficient (Wildman–Crippen LogP) is 3.61. The Labute approximate surface area is 117 Å². The first-order chi connectivity index (χ1) is 9.32. The summed E-state index contributed by atoms with van der Waals surface area (Å²) in [7, 11) is 0. The summed E-state index contributed by atoms with van der Waals surface area (Å²) in [4.78, 5) is 16.4. The minimum absolute atomic E-state index is 0.170. The molecule has 0 saturated carbocycles. The molecule has 2 aromatic rings. The third-order valence-corrected chi connectivity index (χ3v) is 3.30. The first kappa shape index (κ1) is 14.2. The molecule has 0 radical (unpaired) electrons. The molecule has 0 atom stereocenters. The molecule has 0 aliphatic heterocycles. The van der Waals surface area contributed by atoms with Gasteiger partial charge in [0, 0.05) is 17.3 Å². The van der Waals surface area contributed by atoms with Gasteiger partial charge in [0.2, 0.25) is 5.82 Å². The zero-order valence-electron chi connectivity index (χ0n) is 10.5. The number of nitro benzene ring substituents is 1. The number of aromatic nitrogens is 2. The van der Waals surface area contributed by atoms with Crippen LogP contribution in [0.25, 0.3) is 11.4 Å². The summed E-state index contributed by atoms with van der Waals surface area (Å²) in [5.74, 6) is -2.40. The van der Waals surface area contributed by atoms with Crippen molar-refractivity contribution in [1.82, 2.24) is 9.97 Å². The average molecular weight is 297 g/mol. The van der Waals surface area contributed by atoms with E-state index in [9.17, 15) is 18.9 Å². The molecule has 104 valence electrons. The summed E-state index contributed by atoms with van der Waals surface area (Å²) in [6.45, 7) is 3.38. The first-order valence-electron chi connectivity index (χ1n) is 5.53. The molecule has 0 aliphatic rings. The minimum Gasteiger partial charge on any atom is -0.343 e. The van der Waals surface area contributed by atoms with Gasteiger partial charge in [-0.1, -0.05) is 12.2 Å². The quantitative estimate of drug-likeness (QED) is 0.522. The van der Waals surface area contributed by atoms with Gasteiger partial charge < -0.3 is 4.98 Å². The van der Waals surface area contributed by atoms with Crippen molar-refractivity contribution in [1.29, 1.82) is 0 Å². The maximum absolute atomic E-state index is 14.1. The highest BCUT2D eigenvalue weighted by atomic mass is 32.1. The first-order valence-corrected chi connectivity index (χ1v) is 5.94. The van der Waals surface area contributed by atoms with Gasteiger partial charge in [0.05, 0.1) is 10.5 Å². The lowest BCUT2D eigenvalue weighted by Crippen LogP contribution is -2.02. The molecular weight excluding hydrogens is 288 g/mol. The van der Waals surface area contributed by atoms with Crippen LogP contribution in [0, 0.1) is 40.2 Å². The SMILES string of the molecule is Cc1[nH]c(-c2c(F)ccc([N+](=O)[O-])c2F)nc(=S)c1C. The van der Waals surface area contributed by atoms with Crippen LogP contribution in [0.3, 0.4) is 0 Å². The molecule has 0 unspecified atom stereocenters. The Morgan fingerprint density at radius 1 is 1.35 bits per heavy atom. The minimum atomic E-state index is -1.28. The third-order valence-electron chi connectivity index (χ3n) is 2.91. The number of hydrogen-bond donors (Lipinski definition) is 1. The fourth-order valence-corrected chi connectivity index (χ4v) is 1.91. The highest BCUT2D eigenvalue weighted by Gasteiger charge is 2.24. The number of rotatable bonds is 2. The number of hydrogen-bond acceptors (Lipinski definition) is 4. The van der Waals surface area contributed by atoms with Crippen LogP contribution < -0.4 is 0 Å². The molecule has 1 aromatic carbocycles. The number of halogens is 2. The Kier molecular flexibility index (Phi) is 3.58. The highest BCUT2D eigenvalue weighted by molar-refractivity contribution is 7.71. The molecule has 1 heterocycles. The second-order valence-electron chi connectivity index (χ2n) is 4.15. The number of H-pyrrole nitrogens is 1. The van der Waals surface area contributed by atoms with Gasteiger partial charge in [-0.05, 0) is 19.9 Å². The molecule has 1 N–H and O–H groups in total. The van der Waals surface area contributed by atoms with E-state index in [1.807, 2.05) is 0 Å². The summed E-state index contributed by atoms with van der Waals surface area (Å²) >= 11 is 4.99. The fraction of sp³-hybridized carbons (Fsp3) is 0.167. The molecule has 0 fully saturated rings. The van der Waals surface area contributed by atoms with Crippen LogP contribution in [-0.2, 0) is 0 Å². The predicted molar refractivity (Wildman–Crippen MR) is 70.9 cm³/mol. The lowest BCUT2D eigenvalue weighted by molar-refractivity contribution is -0.387. The number of aromatic amines is 1. The second-order valence-corrected chi connectivity index (χ2v) is 4.54. The smallest absolute Gasteiger partial charge is 0.305 e. The van der Waals surface area contributed by atoms with Gasteiger partial charge >= 0.3 is 5.69 Å². The second kappa shape index (κ2) is 5.04. The van der Waals surface area contributed by atoms with Crippen molar-refractivity contribution in [3.05, 3.63) is 49.8 Å². The summed E-state index contributed by atoms with van der Waals surface area (Å²) < 4.78 is 28.0. The van der Waals surface area contributed by atoms with E-state index < -0.39 is 27.8 Å². The highest BCUT2D eigenvalue weighted by Crippen LogP contribution is 2.30. The zero-order valence-corrected chi connectivity index (χ0v) is 11.3. The van der Waals surface area contributed by atoms with Gasteiger partial charge in [0.25, 0.3) is 0 Å². The lowest BCUT2D eigenvalue weighted by atomic mass is 10.1. The van der Waals surface area contributed by atoms with E-state index in [2.05, 4.69) is 9.97 Å². The monoisotopic (exact) mass is 297 g/mol. The van der Waals surface area contributed by atoms with Crippen LogP contribution in [-0.4, -0.2) is 14.9 Å². The van der Waals surface area contributed by atoms with E-state index in [0.29, 0.717) is 11.3 Å². The van der Waals surface area contributed by atoms with Crippen LogP contribution >= 0.6 is 12.2 Å². The molecule has 20 heavy (non-hydrogen) atoms. The molecule has 8 heteroatoms. The number of aryl methyl sites for hydroxylation is 1. The van der Waals surface area contributed by atoms with Crippen LogP contribution in [0.1, 0.15) is 11.3 Å². The molecule has 0 bridgehead atoms. The zero-order chi connectivity index (χ0) is 15.0. The van der Waals surface area contributed by atoms with Crippen LogP contribution in [0.4, 0.5) is 14.5 Å². The van der Waals surface area contributed by atoms with E-state index in [4.69, 9.17) is 12.2 Å². The lowest BCUT2D eigenvalue weighted by Gasteiger charge is -2.08. The fourth-order valence-electron chi connectivity index (χ4n) is 1.66. The van der Waals surface area contributed by atoms with Crippen molar-refractivity contribution in [2.45, 2.75) is 13.8 Å². The van der Waals surface area contributed by atoms with Crippen molar-refractivity contribution >= 4 is 17.9 Å². The van der Waals surface area contributed by atoms with Crippen molar-refractivity contribution in [2.75, 3.05) is 0 Å². The molecule has 5 nitrogen and oxygen atoms in total. The molecular formula is C12H9F2N3O2S. The van der Waals surface area contributed by atoms with Gasteiger partial charge in [0.15, 0.2) is 0 Å². The van der Waals surface area contributed by atoms with E-state index in [-0.39, 0.29) is 10.5 Å². The van der Waals surface area contributed by atoms with Gasteiger partial charge in [-0.3, -0.25) is 10.1 Å². The molecule has 0 amide bonds.